The highest BCUT2D eigenvalue weighted by Crippen LogP contribution is 2.39. The largest absolute Gasteiger partial charge is 0.497 e. The number of methoxy groups -OCH3 is 1. The van der Waals surface area contributed by atoms with Crippen LogP contribution in [0.1, 0.15) is 69.0 Å². The van der Waals surface area contributed by atoms with Gasteiger partial charge in [-0.05, 0) is 48.8 Å². The van der Waals surface area contributed by atoms with Gasteiger partial charge in [-0.1, -0.05) is 74.0 Å². The molecule has 0 bridgehead atoms. The second-order valence-corrected chi connectivity index (χ2v) is 9.69. The molecule has 0 aliphatic carbocycles. The zero-order valence-electron chi connectivity index (χ0n) is 20.8. The number of ether oxygens (including phenoxy) is 3. The van der Waals surface area contributed by atoms with Crippen molar-refractivity contribution in [1.29, 1.82) is 0 Å². The first-order valence-electron chi connectivity index (χ1n) is 12.6. The van der Waals surface area contributed by atoms with E-state index < -0.39 is 0 Å². The summed E-state index contributed by atoms with van der Waals surface area (Å²) in [5.74, 6) is 1.75. The van der Waals surface area contributed by atoms with Crippen LogP contribution in [0.25, 0.3) is 0 Å². The molecule has 0 radical (unpaired) electrons. The first-order chi connectivity index (χ1) is 17.1. The average molecular weight is 519 g/mol. The Hall–Kier alpha value is -2.14. The molecule has 2 heterocycles. The molecule has 6 heteroatoms. The van der Waals surface area contributed by atoms with Gasteiger partial charge in [0.1, 0.15) is 24.2 Å². The number of fused-ring (bicyclic) bond motifs is 1. The number of rotatable bonds is 10. The number of nitrogens with one attached hydrogen (secondary N) is 1. The smallest absolute Gasteiger partial charge is 0.128 e. The van der Waals surface area contributed by atoms with Gasteiger partial charge in [-0.15, -0.1) is 0 Å². The van der Waals surface area contributed by atoms with Crippen LogP contribution in [0.4, 0.5) is 0 Å². The lowest BCUT2D eigenvalue weighted by Gasteiger charge is -2.33. The van der Waals surface area contributed by atoms with Crippen molar-refractivity contribution in [2.24, 2.45) is 0 Å². The summed E-state index contributed by atoms with van der Waals surface area (Å²) in [6.07, 6.45) is 16.1. The highest BCUT2D eigenvalue weighted by molar-refractivity contribution is 6.35. The van der Waals surface area contributed by atoms with Gasteiger partial charge in [0.05, 0.1) is 13.4 Å². The number of hydrogen-bond donors (Lipinski definition) is 1. The SMILES string of the molecule is C1=CCOC=C1.CCCCCCCC1CC(NCc2ccc(Cl)cc2Cl)c2ccc(OC)cc2O1. The lowest BCUT2D eigenvalue weighted by molar-refractivity contribution is 0.137. The molecule has 2 aliphatic heterocycles. The normalized spacial score (nSPS) is 18.1. The molecular weight excluding hydrogens is 481 g/mol. The first-order valence-corrected chi connectivity index (χ1v) is 13.3. The summed E-state index contributed by atoms with van der Waals surface area (Å²) in [6.45, 7) is 3.67. The Bertz CT molecular complexity index is 964. The van der Waals surface area contributed by atoms with Crippen molar-refractivity contribution in [3.05, 3.63) is 82.1 Å². The summed E-state index contributed by atoms with van der Waals surface area (Å²) in [5, 5.41) is 5.04. The van der Waals surface area contributed by atoms with Crippen molar-refractivity contribution >= 4 is 23.2 Å². The predicted molar refractivity (Wildman–Crippen MR) is 146 cm³/mol. The van der Waals surface area contributed by atoms with Crippen LogP contribution in [0.2, 0.25) is 10.0 Å². The van der Waals surface area contributed by atoms with E-state index in [2.05, 4.69) is 18.3 Å². The molecule has 0 spiro atoms. The molecule has 0 fully saturated rings. The van der Waals surface area contributed by atoms with Crippen molar-refractivity contribution < 1.29 is 14.2 Å². The van der Waals surface area contributed by atoms with Crippen LogP contribution in [-0.4, -0.2) is 19.8 Å². The Morgan fingerprint density at radius 3 is 2.54 bits per heavy atom. The molecule has 2 aliphatic rings. The Morgan fingerprint density at radius 1 is 1.03 bits per heavy atom. The van der Waals surface area contributed by atoms with Gasteiger partial charge >= 0.3 is 0 Å². The van der Waals surface area contributed by atoms with E-state index in [1.807, 2.05) is 42.5 Å². The minimum Gasteiger partial charge on any atom is -0.497 e. The van der Waals surface area contributed by atoms with E-state index in [1.54, 1.807) is 19.4 Å². The van der Waals surface area contributed by atoms with E-state index in [0.29, 0.717) is 16.6 Å². The van der Waals surface area contributed by atoms with Crippen molar-refractivity contribution in [1.82, 2.24) is 5.32 Å². The van der Waals surface area contributed by atoms with Crippen molar-refractivity contribution in [3.8, 4) is 11.5 Å². The molecule has 2 aromatic carbocycles. The van der Waals surface area contributed by atoms with E-state index in [4.69, 9.17) is 37.4 Å². The minimum atomic E-state index is 0.217. The van der Waals surface area contributed by atoms with E-state index >= 15 is 0 Å². The number of halogens is 2. The molecule has 0 saturated heterocycles. The molecule has 0 amide bonds. The fourth-order valence-electron chi connectivity index (χ4n) is 4.24. The summed E-state index contributed by atoms with van der Waals surface area (Å²) < 4.78 is 16.5. The van der Waals surface area contributed by atoms with Gasteiger partial charge in [0, 0.05) is 40.7 Å². The van der Waals surface area contributed by atoms with Crippen LogP contribution in [0, 0.1) is 0 Å². The Morgan fingerprint density at radius 2 is 1.89 bits per heavy atom. The van der Waals surface area contributed by atoms with Gasteiger partial charge in [0.2, 0.25) is 0 Å². The molecule has 2 unspecified atom stereocenters. The molecule has 1 N–H and O–H groups in total. The average Bonchev–Trinajstić information content (AvgIpc) is 2.89. The van der Waals surface area contributed by atoms with Gasteiger partial charge in [0.25, 0.3) is 0 Å². The molecular formula is C29H37Cl2NO3. The zero-order chi connectivity index (χ0) is 24.9. The van der Waals surface area contributed by atoms with Crippen molar-refractivity contribution in [2.45, 2.75) is 70.6 Å². The maximum absolute atomic E-state index is 6.36. The first kappa shape index (κ1) is 27.4. The van der Waals surface area contributed by atoms with Crippen LogP contribution in [0.15, 0.2) is 60.9 Å². The van der Waals surface area contributed by atoms with E-state index in [9.17, 15) is 0 Å². The minimum absolute atomic E-state index is 0.217. The van der Waals surface area contributed by atoms with Crippen molar-refractivity contribution in [3.63, 3.8) is 0 Å². The number of hydrogen-bond acceptors (Lipinski definition) is 4. The van der Waals surface area contributed by atoms with E-state index in [-0.39, 0.29) is 12.1 Å². The van der Waals surface area contributed by atoms with Crippen molar-refractivity contribution in [2.75, 3.05) is 13.7 Å². The summed E-state index contributed by atoms with van der Waals surface area (Å²) in [4.78, 5) is 0. The van der Waals surface area contributed by atoms with Gasteiger partial charge < -0.3 is 19.5 Å². The Kier molecular flexibility index (Phi) is 11.8. The van der Waals surface area contributed by atoms with Crippen LogP contribution >= 0.6 is 23.2 Å². The lowest BCUT2D eigenvalue weighted by atomic mass is 9.93. The molecule has 2 aromatic rings. The third-order valence-corrected chi connectivity index (χ3v) is 6.77. The van der Waals surface area contributed by atoms with Crippen LogP contribution < -0.4 is 14.8 Å². The zero-order valence-corrected chi connectivity index (χ0v) is 22.3. The lowest BCUT2D eigenvalue weighted by Crippen LogP contribution is -2.33. The van der Waals surface area contributed by atoms with Gasteiger partial charge in [0.15, 0.2) is 0 Å². The molecule has 0 saturated carbocycles. The molecule has 190 valence electrons. The Balaban J connectivity index is 0.000000497. The quantitative estimate of drug-likeness (QED) is 0.321. The molecule has 4 nitrogen and oxygen atoms in total. The highest BCUT2D eigenvalue weighted by Gasteiger charge is 2.28. The standard InChI is InChI=1S/C24H31Cl2NO2.C5H6O/c1-3-4-5-6-7-8-20-14-23(21-12-11-19(28-2)15-24(21)29-20)27-16-17-9-10-18(25)13-22(17)26;1-2-4-6-5-3-1/h9-13,15,20,23,27H,3-8,14,16H2,1-2H3;1-4H,5H2. The van der Waals surface area contributed by atoms with Gasteiger partial charge in [-0.25, -0.2) is 0 Å². The highest BCUT2D eigenvalue weighted by atomic mass is 35.5. The molecule has 2 atom stereocenters. The summed E-state index contributed by atoms with van der Waals surface area (Å²) in [6, 6.07) is 12.0. The second-order valence-electron chi connectivity index (χ2n) is 8.84. The number of unbranched alkanes of at least 4 members (excludes halogenated alkanes) is 4. The summed E-state index contributed by atoms with van der Waals surface area (Å²) >= 11 is 12.4. The third kappa shape index (κ3) is 9.10. The maximum Gasteiger partial charge on any atom is 0.128 e. The fraction of sp³-hybridized carbons (Fsp3) is 0.448. The molecule has 4 rings (SSSR count). The number of benzene rings is 2. The van der Waals surface area contributed by atoms with Crippen LogP contribution in [-0.2, 0) is 11.3 Å². The van der Waals surface area contributed by atoms with E-state index in [1.165, 1.54) is 37.7 Å². The fourth-order valence-corrected chi connectivity index (χ4v) is 4.71. The van der Waals surface area contributed by atoms with E-state index in [0.717, 1.165) is 36.5 Å². The predicted octanol–water partition coefficient (Wildman–Crippen LogP) is 8.43. The maximum atomic E-state index is 6.36. The Labute approximate surface area is 220 Å². The second kappa shape index (κ2) is 15.1. The van der Waals surface area contributed by atoms with Gasteiger partial charge in [-0.2, -0.15) is 0 Å². The van der Waals surface area contributed by atoms with Gasteiger partial charge in [-0.3, -0.25) is 0 Å². The summed E-state index contributed by atoms with van der Waals surface area (Å²) in [5.41, 5.74) is 2.23. The third-order valence-electron chi connectivity index (χ3n) is 6.19. The molecule has 0 aromatic heterocycles. The summed E-state index contributed by atoms with van der Waals surface area (Å²) in [7, 11) is 1.69. The number of allylic oxidation sites excluding steroid dienone is 2. The molecule has 35 heavy (non-hydrogen) atoms. The topological polar surface area (TPSA) is 39.7 Å². The van der Waals surface area contributed by atoms with Crippen LogP contribution in [0.5, 0.6) is 11.5 Å². The monoisotopic (exact) mass is 517 g/mol. The van der Waals surface area contributed by atoms with Crippen LogP contribution in [0.3, 0.4) is 0 Å².